The molecule has 1 aromatic heterocycles. The van der Waals surface area contributed by atoms with Crippen LogP contribution in [-0.2, 0) is 6.54 Å². The van der Waals surface area contributed by atoms with E-state index in [4.69, 9.17) is 4.74 Å². The predicted octanol–water partition coefficient (Wildman–Crippen LogP) is 2.92. The summed E-state index contributed by atoms with van der Waals surface area (Å²) in [6.45, 7) is 2.51. The zero-order valence-corrected chi connectivity index (χ0v) is 11.3. The normalized spacial score (nSPS) is 10.1. The van der Waals surface area contributed by atoms with Gasteiger partial charge in [0.1, 0.15) is 5.75 Å². The van der Waals surface area contributed by atoms with Crippen LogP contribution in [0.15, 0.2) is 36.7 Å². The van der Waals surface area contributed by atoms with E-state index < -0.39 is 4.92 Å². The van der Waals surface area contributed by atoms with Gasteiger partial charge in [0.2, 0.25) is 0 Å². The molecular formula is C14H15N3O3. The number of nitro benzene ring substituents is 1. The zero-order chi connectivity index (χ0) is 14.5. The number of methoxy groups -OCH3 is 1. The van der Waals surface area contributed by atoms with Gasteiger partial charge in [-0.15, -0.1) is 0 Å². The summed E-state index contributed by atoms with van der Waals surface area (Å²) in [6.07, 6.45) is 3.50. The second-order valence-corrected chi connectivity index (χ2v) is 4.30. The van der Waals surface area contributed by atoms with Crippen molar-refractivity contribution in [1.82, 2.24) is 4.98 Å². The van der Waals surface area contributed by atoms with E-state index in [0.29, 0.717) is 18.0 Å². The van der Waals surface area contributed by atoms with Gasteiger partial charge in [-0.05, 0) is 30.2 Å². The van der Waals surface area contributed by atoms with Crippen LogP contribution in [0.4, 0.5) is 11.4 Å². The summed E-state index contributed by atoms with van der Waals surface area (Å²) in [4.78, 5) is 14.4. The van der Waals surface area contributed by atoms with Gasteiger partial charge in [-0.2, -0.15) is 0 Å². The summed E-state index contributed by atoms with van der Waals surface area (Å²) in [7, 11) is 1.53. The second-order valence-electron chi connectivity index (χ2n) is 4.30. The Bertz CT molecular complexity index is 629. The molecule has 6 nitrogen and oxygen atoms in total. The van der Waals surface area contributed by atoms with E-state index >= 15 is 0 Å². The molecule has 104 valence electrons. The van der Waals surface area contributed by atoms with Crippen LogP contribution in [-0.4, -0.2) is 17.0 Å². The van der Waals surface area contributed by atoms with Crippen LogP contribution in [0.3, 0.4) is 0 Å². The summed E-state index contributed by atoms with van der Waals surface area (Å²) in [5, 5.41) is 14.0. The first-order valence-electron chi connectivity index (χ1n) is 6.07. The molecule has 2 aromatic rings. The van der Waals surface area contributed by atoms with Gasteiger partial charge in [0, 0.05) is 31.1 Å². The fourth-order valence-electron chi connectivity index (χ4n) is 1.82. The maximum Gasteiger partial charge on any atom is 0.271 e. The smallest absolute Gasteiger partial charge is 0.271 e. The predicted molar refractivity (Wildman–Crippen MR) is 75.9 cm³/mol. The van der Waals surface area contributed by atoms with E-state index in [0.717, 1.165) is 11.1 Å². The van der Waals surface area contributed by atoms with E-state index in [2.05, 4.69) is 10.3 Å². The molecule has 0 aliphatic rings. The molecule has 0 aliphatic carbocycles. The molecule has 0 saturated heterocycles. The van der Waals surface area contributed by atoms with Gasteiger partial charge in [-0.1, -0.05) is 0 Å². The topological polar surface area (TPSA) is 77.3 Å². The highest BCUT2D eigenvalue weighted by atomic mass is 16.6. The summed E-state index contributed by atoms with van der Waals surface area (Å²) in [5.74, 6) is 0.567. The van der Waals surface area contributed by atoms with Gasteiger partial charge in [0.25, 0.3) is 5.69 Å². The van der Waals surface area contributed by atoms with Crippen LogP contribution in [0.1, 0.15) is 11.1 Å². The molecule has 0 atom stereocenters. The van der Waals surface area contributed by atoms with Gasteiger partial charge in [-0.3, -0.25) is 15.1 Å². The van der Waals surface area contributed by atoms with E-state index in [1.165, 1.54) is 19.2 Å². The number of non-ortho nitro benzene ring substituents is 1. The fourth-order valence-corrected chi connectivity index (χ4v) is 1.82. The number of benzene rings is 1. The zero-order valence-electron chi connectivity index (χ0n) is 11.3. The number of aryl methyl sites for hydroxylation is 1. The molecule has 0 radical (unpaired) electrons. The molecule has 0 saturated carbocycles. The van der Waals surface area contributed by atoms with Crippen LogP contribution in [0.25, 0.3) is 0 Å². The molecule has 1 aromatic carbocycles. The Morgan fingerprint density at radius 1 is 1.40 bits per heavy atom. The van der Waals surface area contributed by atoms with Crippen molar-refractivity contribution in [2.75, 3.05) is 12.4 Å². The van der Waals surface area contributed by atoms with Gasteiger partial charge >= 0.3 is 0 Å². The van der Waals surface area contributed by atoms with Gasteiger partial charge in [-0.25, -0.2) is 0 Å². The Balaban J connectivity index is 2.22. The molecule has 1 N–H and O–H groups in total. The van der Waals surface area contributed by atoms with Gasteiger partial charge in [0.15, 0.2) is 0 Å². The summed E-state index contributed by atoms with van der Waals surface area (Å²) in [5.41, 5.74) is 2.75. The number of nitrogens with one attached hydrogen (secondary N) is 1. The van der Waals surface area contributed by atoms with Crippen molar-refractivity contribution in [3.63, 3.8) is 0 Å². The number of rotatable bonds is 5. The minimum Gasteiger partial charge on any atom is -0.495 e. The first-order valence-corrected chi connectivity index (χ1v) is 6.07. The number of aromatic nitrogens is 1. The lowest BCUT2D eigenvalue weighted by Crippen LogP contribution is -2.04. The van der Waals surface area contributed by atoms with E-state index in [1.807, 2.05) is 13.0 Å². The molecule has 0 aliphatic heterocycles. The third-order valence-corrected chi connectivity index (χ3v) is 3.01. The van der Waals surface area contributed by atoms with Crippen molar-refractivity contribution in [3.05, 3.63) is 57.9 Å². The SMILES string of the molecule is COc1ccc([N+](=O)[O-])cc1NCc1cnccc1C. The molecule has 6 heteroatoms. The lowest BCUT2D eigenvalue weighted by Gasteiger charge is -2.12. The van der Waals surface area contributed by atoms with Gasteiger partial charge < -0.3 is 10.1 Å². The van der Waals surface area contributed by atoms with Crippen LogP contribution in [0, 0.1) is 17.0 Å². The van der Waals surface area contributed by atoms with Crippen molar-refractivity contribution in [1.29, 1.82) is 0 Å². The molecule has 0 bridgehead atoms. The number of pyridine rings is 1. The Morgan fingerprint density at radius 2 is 2.20 bits per heavy atom. The lowest BCUT2D eigenvalue weighted by atomic mass is 10.1. The fraction of sp³-hybridized carbons (Fsp3) is 0.214. The van der Waals surface area contributed by atoms with Crippen molar-refractivity contribution >= 4 is 11.4 Å². The maximum absolute atomic E-state index is 10.8. The summed E-state index contributed by atoms with van der Waals surface area (Å²) >= 11 is 0. The summed E-state index contributed by atoms with van der Waals surface area (Å²) < 4.78 is 5.20. The van der Waals surface area contributed by atoms with Crippen LogP contribution in [0.2, 0.25) is 0 Å². The Hall–Kier alpha value is -2.63. The number of anilines is 1. The van der Waals surface area contributed by atoms with Gasteiger partial charge in [0.05, 0.1) is 17.7 Å². The Kier molecular flexibility index (Phi) is 4.14. The highest BCUT2D eigenvalue weighted by molar-refractivity contribution is 5.61. The molecule has 0 fully saturated rings. The quantitative estimate of drug-likeness (QED) is 0.669. The van der Waals surface area contributed by atoms with E-state index in [9.17, 15) is 10.1 Å². The monoisotopic (exact) mass is 273 g/mol. The average molecular weight is 273 g/mol. The molecule has 2 rings (SSSR count). The van der Waals surface area contributed by atoms with Crippen LogP contribution < -0.4 is 10.1 Å². The molecule has 0 amide bonds. The standard InChI is InChI=1S/C14H15N3O3/c1-10-5-6-15-8-11(10)9-16-13-7-12(17(18)19)3-4-14(13)20-2/h3-8,16H,9H2,1-2H3. The maximum atomic E-state index is 10.8. The second kappa shape index (κ2) is 6.01. The van der Waals surface area contributed by atoms with E-state index in [-0.39, 0.29) is 5.69 Å². The highest BCUT2D eigenvalue weighted by Crippen LogP contribution is 2.29. The third kappa shape index (κ3) is 3.03. The molecule has 20 heavy (non-hydrogen) atoms. The van der Waals surface area contributed by atoms with Crippen molar-refractivity contribution in [2.45, 2.75) is 13.5 Å². The minimum absolute atomic E-state index is 0.0243. The third-order valence-electron chi connectivity index (χ3n) is 3.01. The Morgan fingerprint density at radius 3 is 2.85 bits per heavy atom. The number of hydrogen-bond acceptors (Lipinski definition) is 5. The largest absolute Gasteiger partial charge is 0.495 e. The Labute approximate surface area is 116 Å². The first-order chi connectivity index (χ1) is 9.61. The molecule has 1 heterocycles. The lowest BCUT2D eigenvalue weighted by molar-refractivity contribution is -0.384. The van der Waals surface area contributed by atoms with Crippen molar-refractivity contribution in [2.24, 2.45) is 0 Å². The number of nitrogens with zero attached hydrogens (tertiary/aromatic N) is 2. The average Bonchev–Trinajstić information content (AvgIpc) is 2.46. The number of ether oxygens (including phenoxy) is 1. The highest BCUT2D eigenvalue weighted by Gasteiger charge is 2.11. The van der Waals surface area contributed by atoms with Crippen molar-refractivity contribution < 1.29 is 9.66 Å². The van der Waals surface area contributed by atoms with Crippen molar-refractivity contribution in [3.8, 4) is 5.75 Å². The van der Waals surface area contributed by atoms with Crippen LogP contribution in [0.5, 0.6) is 5.75 Å². The molecule has 0 spiro atoms. The van der Waals surface area contributed by atoms with E-state index in [1.54, 1.807) is 18.5 Å². The first kappa shape index (κ1) is 13.8. The van der Waals surface area contributed by atoms with Crippen LogP contribution >= 0.6 is 0 Å². The number of nitro groups is 1. The molecule has 0 unspecified atom stereocenters. The minimum atomic E-state index is -0.431. The summed E-state index contributed by atoms with van der Waals surface area (Å²) in [6, 6.07) is 6.38. The molecular weight excluding hydrogens is 258 g/mol. The number of hydrogen-bond donors (Lipinski definition) is 1.